The lowest BCUT2D eigenvalue weighted by Gasteiger charge is -2.32. The van der Waals surface area contributed by atoms with Crippen molar-refractivity contribution in [3.05, 3.63) is 47.3 Å². The molecule has 0 aliphatic carbocycles. The van der Waals surface area contributed by atoms with E-state index in [1.807, 2.05) is 0 Å². The normalized spacial score (nSPS) is 16.9. The highest BCUT2D eigenvalue weighted by Gasteiger charge is 2.25. The molecule has 1 aliphatic rings. The molecule has 0 spiro atoms. The standard InChI is InChI=1S/C17H20F2N4O2/c1-11(24)16-10-23(21-20-16)14-4-6-22(7-5-14)17(25)9-12-8-13(18)2-3-15(12)19/h2-3,8,10-11,14,24H,4-7,9H2,1H3/t11-/m1/s1. The Labute approximate surface area is 144 Å². The number of nitrogens with zero attached hydrogens (tertiary/aromatic N) is 4. The van der Waals surface area contributed by atoms with E-state index in [9.17, 15) is 18.7 Å². The Morgan fingerprint density at radius 3 is 2.72 bits per heavy atom. The summed E-state index contributed by atoms with van der Waals surface area (Å²) in [6.07, 6.45) is 2.29. The van der Waals surface area contributed by atoms with Gasteiger partial charge in [-0.15, -0.1) is 5.10 Å². The summed E-state index contributed by atoms with van der Waals surface area (Å²) in [7, 11) is 0. The van der Waals surface area contributed by atoms with Crippen molar-refractivity contribution in [1.29, 1.82) is 0 Å². The highest BCUT2D eigenvalue weighted by Crippen LogP contribution is 2.23. The average Bonchev–Trinajstić information content (AvgIpc) is 3.08. The van der Waals surface area contributed by atoms with Gasteiger partial charge < -0.3 is 10.0 Å². The lowest BCUT2D eigenvalue weighted by molar-refractivity contribution is -0.131. The van der Waals surface area contributed by atoms with Crippen molar-refractivity contribution in [3.63, 3.8) is 0 Å². The Morgan fingerprint density at radius 1 is 1.36 bits per heavy atom. The molecule has 1 atom stereocenters. The van der Waals surface area contributed by atoms with E-state index in [1.165, 1.54) is 0 Å². The van der Waals surface area contributed by atoms with Crippen molar-refractivity contribution in [1.82, 2.24) is 19.9 Å². The predicted octanol–water partition coefficient (Wildman–Crippen LogP) is 2.02. The molecule has 0 unspecified atom stereocenters. The zero-order valence-electron chi connectivity index (χ0n) is 13.9. The first kappa shape index (κ1) is 17.5. The summed E-state index contributed by atoms with van der Waals surface area (Å²) in [5.74, 6) is -1.34. The van der Waals surface area contributed by atoms with Gasteiger partial charge >= 0.3 is 0 Å². The number of carbonyl (C=O) groups is 1. The molecule has 0 radical (unpaired) electrons. The van der Waals surface area contributed by atoms with Crippen LogP contribution in [0, 0.1) is 11.6 Å². The summed E-state index contributed by atoms with van der Waals surface area (Å²) in [5.41, 5.74) is 0.588. The summed E-state index contributed by atoms with van der Waals surface area (Å²) in [6, 6.07) is 3.24. The summed E-state index contributed by atoms with van der Waals surface area (Å²) in [5, 5.41) is 17.5. The summed E-state index contributed by atoms with van der Waals surface area (Å²) < 4.78 is 28.6. The van der Waals surface area contributed by atoms with Crippen molar-refractivity contribution < 1.29 is 18.7 Å². The van der Waals surface area contributed by atoms with Crippen molar-refractivity contribution in [2.45, 2.75) is 38.3 Å². The van der Waals surface area contributed by atoms with Gasteiger partial charge in [0.05, 0.1) is 24.8 Å². The van der Waals surface area contributed by atoms with Crippen LogP contribution in [0.5, 0.6) is 0 Å². The number of halogens is 2. The van der Waals surface area contributed by atoms with E-state index in [0.29, 0.717) is 31.6 Å². The van der Waals surface area contributed by atoms with Crippen molar-refractivity contribution in [2.24, 2.45) is 0 Å². The number of hydrogen-bond acceptors (Lipinski definition) is 4. The second-order valence-electron chi connectivity index (χ2n) is 6.32. The smallest absolute Gasteiger partial charge is 0.227 e. The molecule has 8 heteroatoms. The maximum atomic E-state index is 13.7. The largest absolute Gasteiger partial charge is 0.387 e. The third-order valence-electron chi connectivity index (χ3n) is 4.50. The van der Waals surface area contributed by atoms with Crippen LogP contribution in [-0.4, -0.2) is 44.0 Å². The van der Waals surface area contributed by atoms with Crippen molar-refractivity contribution in [2.75, 3.05) is 13.1 Å². The van der Waals surface area contributed by atoms with E-state index < -0.39 is 17.7 Å². The first-order chi connectivity index (χ1) is 11.9. The van der Waals surface area contributed by atoms with Crippen LogP contribution in [-0.2, 0) is 11.2 Å². The van der Waals surface area contributed by atoms with Gasteiger partial charge in [-0.3, -0.25) is 4.79 Å². The van der Waals surface area contributed by atoms with Crippen LogP contribution in [0.2, 0.25) is 0 Å². The van der Waals surface area contributed by atoms with Crippen LogP contribution < -0.4 is 0 Å². The van der Waals surface area contributed by atoms with E-state index >= 15 is 0 Å². The molecule has 1 amide bonds. The molecule has 134 valence electrons. The van der Waals surface area contributed by atoms with Gasteiger partial charge in [-0.2, -0.15) is 0 Å². The number of likely N-dealkylation sites (tertiary alicyclic amines) is 1. The third-order valence-corrected chi connectivity index (χ3v) is 4.50. The number of hydrogen-bond donors (Lipinski definition) is 1. The van der Waals surface area contributed by atoms with Crippen LogP contribution in [0.25, 0.3) is 0 Å². The molecule has 1 aliphatic heterocycles. The van der Waals surface area contributed by atoms with Gasteiger partial charge in [-0.25, -0.2) is 13.5 Å². The topological polar surface area (TPSA) is 71.2 Å². The molecule has 1 aromatic carbocycles. The van der Waals surface area contributed by atoms with Gasteiger partial charge in [-0.05, 0) is 38.0 Å². The van der Waals surface area contributed by atoms with E-state index in [1.54, 1.807) is 22.7 Å². The number of benzene rings is 1. The van der Waals surface area contributed by atoms with Crippen LogP contribution in [0.4, 0.5) is 8.78 Å². The molecular weight excluding hydrogens is 330 g/mol. The molecule has 2 aromatic rings. The van der Waals surface area contributed by atoms with Gasteiger partial charge in [0, 0.05) is 18.7 Å². The predicted molar refractivity (Wildman–Crippen MR) is 85.6 cm³/mol. The van der Waals surface area contributed by atoms with Gasteiger partial charge in [-0.1, -0.05) is 5.21 Å². The zero-order chi connectivity index (χ0) is 18.0. The minimum absolute atomic E-state index is 0.0741. The molecule has 6 nitrogen and oxygen atoms in total. The van der Waals surface area contributed by atoms with Crippen molar-refractivity contribution >= 4 is 5.91 Å². The Balaban J connectivity index is 1.58. The first-order valence-corrected chi connectivity index (χ1v) is 8.25. The van der Waals surface area contributed by atoms with Gasteiger partial charge in [0.1, 0.15) is 17.3 Å². The zero-order valence-corrected chi connectivity index (χ0v) is 13.9. The molecule has 3 rings (SSSR count). The number of rotatable bonds is 4. The van der Waals surface area contributed by atoms with Gasteiger partial charge in [0.25, 0.3) is 0 Å². The molecule has 0 bridgehead atoms. The summed E-state index contributed by atoms with van der Waals surface area (Å²) in [6.45, 7) is 2.66. The lowest BCUT2D eigenvalue weighted by atomic mass is 10.0. The molecule has 1 aromatic heterocycles. The fourth-order valence-electron chi connectivity index (χ4n) is 2.99. The number of aliphatic hydroxyl groups excluding tert-OH is 1. The Kier molecular flexibility index (Phi) is 5.08. The minimum atomic E-state index is -0.670. The minimum Gasteiger partial charge on any atom is -0.387 e. The van der Waals surface area contributed by atoms with Gasteiger partial charge in [0.15, 0.2) is 0 Å². The Morgan fingerprint density at radius 2 is 2.08 bits per heavy atom. The average molecular weight is 350 g/mol. The fraction of sp³-hybridized carbons (Fsp3) is 0.471. The monoisotopic (exact) mass is 350 g/mol. The van der Waals surface area contributed by atoms with E-state index in [2.05, 4.69) is 10.3 Å². The highest BCUT2D eigenvalue weighted by molar-refractivity contribution is 5.78. The fourth-order valence-corrected chi connectivity index (χ4v) is 2.99. The highest BCUT2D eigenvalue weighted by atomic mass is 19.1. The second kappa shape index (κ2) is 7.26. The van der Waals surface area contributed by atoms with Gasteiger partial charge in [0.2, 0.25) is 5.91 Å². The third kappa shape index (κ3) is 4.01. The molecule has 1 N–H and O–H groups in total. The maximum absolute atomic E-state index is 13.7. The Bertz CT molecular complexity index is 755. The number of piperidine rings is 1. The lowest BCUT2D eigenvalue weighted by Crippen LogP contribution is -2.40. The summed E-state index contributed by atoms with van der Waals surface area (Å²) >= 11 is 0. The van der Waals surface area contributed by atoms with Crippen molar-refractivity contribution in [3.8, 4) is 0 Å². The molecule has 25 heavy (non-hydrogen) atoms. The molecule has 0 saturated carbocycles. The first-order valence-electron chi connectivity index (χ1n) is 8.25. The van der Waals surface area contributed by atoms with Crippen LogP contribution in [0.3, 0.4) is 0 Å². The molecule has 1 fully saturated rings. The van der Waals surface area contributed by atoms with E-state index in [0.717, 1.165) is 18.2 Å². The van der Waals surface area contributed by atoms with E-state index in [4.69, 9.17) is 0 Å². The molecular formula is C17H20F2N4O2. The quantitative estimate of drug-likeness (QED) is 0.916. The Hall–Kier alpha value is -2.35. The second-order valence-corrected chi connectivity index (χ2v) is 6.32. The maximum Gasteiger partial charge on any atom is 0.227 e. The van der Waals surface area contributed by atoms with Crippen LogP contribution >= 0.6 is 0 Å². The summed E-state index contributed by atoms with van der Waals surface area (Å²) in [4.78, 5) is 14.0. The van der Waals surface area contributed by atoms with Crippen LogP contribution in [0.15, 0.2) is 24.4 Å². The van der Waals surface area contributed by atoms with E-state index in [-0.39, 0.29) is 23.9 Å². The number of aliphatic hydroxyl groups is 1. The number of aromatic nitrogens is 3. The SMILES string of the molecule is C[C@@H](O)c1cn(C2CCN(C(=O)Cc3cc(F)ccc3F)CC2)nn1. The molecule has 2 heterocycles. The number of carbonyl (C=O) groups excluding carboxylic acids is 1. The molecule has 1 saturated heterocycles. The number of amides is 1. The van der Waals surface area contributed by atoms with Crippen LogP contribution in [0.1, 0.15) is 43.2 Å².